The Morgan fingerprint density at radius 2 is 1.59 bits per heavy atom. The minimum atomic E-state index is -0.629. The van der Waals surface area contributed by atoms with E-state index in [0.29, 0.717) is 30.8 Å². The van der Waals surface area contributed by atoms with E-state index in [-0.39, 0.29) is 18.4 Å². The van der Waals surface area contributed by atoms with Gasteiger partial charge in [-0.2, -0.15) is 0 Å². The standard InChI is InChI=1S/C29H33ClN2O2/c1-3-19-31-29(34)27(20-24-9-5-4-6-10-24)32(21-25-11-7-8-12-26(25)30)28(33)18-17-23-15-13-22(2)14-16-23/h4-16,27H,3,17-21H2,1-2H3,(H,31,34)/t27-/m0/s1. The van der Waals surface area contributed by atoms with Crippen LogP contribution in [-0.4, -0.2) is 29.3 Å². The first kappa shape index (κ1) is 25.5. The second-order valence-corrected chi connectivity index (χ2v) is 9.00. The third kappa shape index (κ3) is 7.46. The van der Waals surface area contributed by atoms with Crippen LogP contribution in [0.3, 0.4) is 0 Å². The molecule has 34 heavy (non-hydrogen) atoms. The van der Waals surface area contributed by atoms with Crippen molar-refractivity contribution < 1.29 is 9.59 Å². The van der Waals surface area contributed by atoms with E-state index in [1.165, 1.54) is 5.56 Å². The number of hydrogen-bond acceptors (Lipinski definition) is 2. The smallest absolute Gasteiger partial charge is 0.243 e. The van der Waals surface area contributed by atoms with Gasteiger partial charge in [0.2, 0.25) is 11.8 Å². The van der Waals surface area contributed by atoms with E-state index < -0.39 is 6.04 Å². The molecule has 0 aliphatic heterocycles. The zero-order valence-electron chi connectivity index (χ0n) is 20.0. The first-order valence-corrected chi connectivity index (χ1v) is 12.3. The van der Waals surface area contributed by atoms with Gasteiger partial charge in [0.25, 0.3) is 0 Å². The summed E-state index contributed by atoms with van der Waals surface area (Å²) in [5.74, 6) is -0.200. The van der Waals surface area contributed by atoms with Crippen LogP contribution >= 0.6 is 11.6 Å². The van der Waals surface area contributed by atoms with E-state index in [4.69, 9.17) is 11.6 Å². The molecular weight excluding hydrogens is 444 g/mol. The lowest BCUT2D eigenvalue weighted by Crippen LogP contribution is -2.50. The highest BCUT2D eigenvalue weighted by Crippen LogP contribution is 2.21. The molecule has 0 aromatic heterocycles. The molecule has 0 saturated heterocycles. The van der Waals surface area contributed by atoms with Crippen LogP contribution in [0.4, 0.5) is 0 Å². The van der Waals surface area contributed by atoms with Gasteiger partial charge in [-0.3, -0.25) is 9.59 Å². The van der Waals surface area contributed by atoms with Gasteiger partial charge in [0.15, 0.2) is 0 Å². The molecule has 0 radical (unpaired) electrons. The fourth-order valence-electron chi connectivity index (χ4n) is 3.88. The molecule has 1 N–H and O–H groups in total. The fraction of sp³-hybridized carbons (Fsp3) is 0.310. The molecule has 0 aliphatic rings. The molecule has 3 aromatic rings. The van der Waals surface area contributed by atoms with Crippen molar-refractivity contribution in [1.82, 2.24) is 10.2 Å². The van der Waals surface area contributed by atoms with Gasteiger partial charge in [-0.1, -0.05) is 96.9 Å². The Kier molecular flexibility index (Phi) is 9.72. The van der Waals surface area contributed by atoms with Crippen molar-refractivity contribution >= 4 is 23.4 Å². The third-order valence-corrected chi connectivity index (χ3v) is 6.24. The number of aryl methyl sites for hydroxylation is 2. The topological polar surface area (TPSA) is 49.4 Å². The summed E-state index contributed by atoms with van der Waals surface area (Å²) in [5.41, 5.74) is 4.13. The molecule has 1 atom stereocenters. The van der Waals surface area contributed by atoms with Crippen LogP contribution in [0.2, 0.25) is 5.02 Å². The molecule has 0 fully saturated rings. The summed E-state index contributed by atoms with van der Waals surface area (Å²) in [7, 11) is 0. The molecule has 5 heteroatoms. The Bertz CT molecular complexity index is 1070. The van der Waals surface area contributed by atoms with E-state index in [1.807, 2.05) is 68.4 Å². The number of carbonyl (C=O) groups is 2. The van der Waals surface area contributed by atoms with Crippen LogP contribution in [0.15, 0.2) is 78.9 Å². The Hall–Kier alpha value is -3.11. The molecular formula is C29H33ClN2O2. The molecule has 0 unspecified atom stereocenters. The SMILES string of the molecule is CCCNC(=O)[C@H](Cc1ccccc1)N(Cc1ccccc1Cl)C(=O)CCc1ccc(C)cc1. The molecule has 0 saturated carbocycles. The maximum atomic E-state index is 13.6. The average Bonchev–Trinajstić information content (AvgIpc) is 2.85. The fourth-order valence-corrected chi connectivity index (χ4v) is 4.08. The number of benzene rings is 3. The van der Waals surface area contributed by atoms with Crippen molar-refractivity contribution in [3.63, 3.8) is 0 Å². The summed E-state index contributed by atoms with van der Waals surface area (Å²) in [5, 5.41) is 3.59. The third-order valence-electron chi connectivity index (χ3n) is 5.87. The highest BCUT2D eigenvalue weighted by molar-refractivity contribution is 6.31. The Morgan fingerprint density at radius 1 is 0.912 bits per heavy atom. The quantitative estimate of drug-likeness (QED) is 0.383. The monoisotopic (exact) mass is 476 g/mol. The molecule has 0 bridgehead atoms. The van der Waals surface area contributed by atoms with Crippen molar-refractivity contribution in [3.05, 3.63) is 106 Å². The van der Waals surface area contributed by atoms with E-state index in [1.54, 1.807) is 4.90 Å². The normalized spacial score (nSPS) is 11.6. The molecule has 0 spiro atoms. The number of halogens is 1. The van der Waals surface area contributed by atoms with Gasteiger partial charge in [0, 0.05) is 31.0 Å². The van der Waals surface area contributed by atoms with Gasteiger partial charge < -0.3 is 10.2 Å². The maximum Gasteiger partial charge on any atom is 0.243 e. The first-order valence-electron chi connectivity index (χ1n) is 11.9. The zero-order chi connectivity index (χ0) is 24.3. The highest BCUT2D eigenvalue weighted by Gasteiger charge is 2.30. The number of hydrogen-bond donors (Lipinski definition) is 1. The summed E-state index contributed by atoms with van der Waals surface area (Å²) in [6.07, 6.45) is 2.21. The Morgan fingerprint density at radius 3 is 2.26 bits per heavy atom. The molecule has 3 aromatic carbocycles. The lowest BCUT2D eigenvalue weighted by atomic mass is 10.0. The second-order valence-electron chi connectivity index (χ2n) is 8.60. The highest BCUT2D eigenvalue weighted by atomic mass is 35.5. The number of carbonyl (C=O) groups excluding carboxylic acids is 2. The van der Waals surface area contributed by atoms with Crippen LogP contribution < -0.4 is 5.32 Å². The van der Waals surface area contributed by atoms with Gasteiger partial charge >= 0.3 is 0 Å². The van der Waals surface area contributed by atoms with Crippen LogP contribution in [0.5, 0.6) is 0 Å². The number of nitrogens with zero attached hydrogens (tertiary/aromatic N) is 1. The number of amides is 2. The van der Waals surface area contributed by atoms with E-state index >= 15 is 0 Å². The summed E-state index contributed by atoms with van der Waals surface area (Å²) in [6.45, 7) is 4.91. The summed E-state index contributed by atoms with van der Waals surface area (Å²) < 4.78 is 0. The summed E-state index contributed by atoms with van der Waals surface area (Å²) >= 11 is 6.45. The molecule has 0 aliphatic carbocycles. The second kappa shape index (κ2) is 13.0. The van der Waals surface area contributed by atoms with Crippen molar-refractivity contribution in [3.8, 4) is 0 Å². The van der Waals surface area contributed by atoms with Crippen LogP contribution in [0.25, 0.3) is 0 Å². The van der Waals surface area contributed by atoms with Crippen molar-refractivity contribution in [2.75, 3.05) is 6.54 Å². The molecule has 3 rings (SSSR count). The molecule has 2 amide bonds. The largest absolute Gasteiger partial charge is 0.354 e. The Labute approximate surface area is 207 Å². The van der Waals surface area contributed by atoms with Crippen molar-refractivity contribution in [2.45, 2.75) is 52.1 Å². The Balaban J connectivity index is 1.89. The minimum Gasteiger partial charge on any atom is -0.354 e. The average molecular weight is 477 g/mol. The van der Waals surface area contributed by atoms with Gasteiger partial charge in [0.05, 0.1) is 0 Å². The summed E-state index contributed by atoms with van der Waals surface area (Å²) in [6, 6.07) is 24.9. The predicted octanol–water partition coefficient (Wildman–Crippen LogP) is 5.75. The predicted molar refractivity (Wildman–Crippen MR) is 139 cm³/mol. The maximum absolute atomic E-state index is 13.6. The lowest BCUT2D eigenvalue weighted by Gasteiger charge is -2.32. The van der Waals surface area contributed by atoms with Gasteiger partial charge in [-0.05, 0) is 42.5 Å². The summed E-state index contributed by atoms with van der Waals surface area (Å²) in [4.78, 5) is 28.6. The van der Waals surface area contributed by atoms with Crippen LogP contribution in [0, 0.1) is 6.92 Å². The van der Waals surface area contributed by atoms with Gasteiger partial charge in [-0.25, -0.2) is 0 Å². The first-order chi connectivity index (χ1) is 16.5. The number of nitrogens with one attached hydrogen (secondary N) is 1. The van der Waals surface area contributed by atoms with E-state index in [9.17, 15) is 9.59 Å². The number of rotatable bonds is 11. The van der Waals surface area contributed by atoms with Gasteiger partial charge in [0.1, 0.15) is 6.04 Å². The minimum absolute atomic E-state index is 0.0620. The molecule has 178 valence electrons. The molecule has 0 heterocycles. The van der Waals surface area contributed by atoms with Crippen molar-refractivity contribution in [2.24, 2.45) is 0 Å². The van der Waals surface area contributed by atoms with Crippen LogP contribution in [-0.2, 0) is 29.0 Å². The van der Waals surface area contributed by atoms with E-state index in [0.717, 1.165) is 23.1 Å². The van der Waals surface area contributed by atoms with E-state index in [2.05, 4.69) is 29.6 Å². The lowest BCUT2D eigenvalue weighted by molar-refractivity contribution is -0.141. The molecule has 4 nitrogen and oxygen atoms in total. The zero-order valence-corrected chi connectivity index (χ0v) is 20.7. The van der Waals surface area contributed by atoms with Crippen LogP contribution in [0.1, 0.15) is 42.0 Å². The van der Waals surface area contributed by atoms with Crippen molar-refractivity contribution in [1.29, 1.82) is 0 Å². The van der Waals surface area contributed by atoms with Gasteiger partial charge in [-0.15, -0.1) is 0 Å².